The molecule has 35 heavy (non-hydrogen) atoms. The van der Waals surface area contributed by atoms with Crippen molar-refractivity contribution in [2.75, 3.05) is 13.1 Å². The lowest BCUT2D eigenvalue weighted by molar-refractivity contribution is 0.0546. The summed E-state index contributed by atoms with van der Waals surface area (Å²) in [7, 11) is 0. The molecule has 3 aromatic heterocycles. The van der Waals surface area contributed by atoms with E-state index in [1.54, 1.807) is 38.3 Å². The Morgan fingerprint density at radius 3 is 2.54 bits per heavy atom. The molecule has 1 amide bonds. The van der Waals surface area contributed by atoms with E-state index in [2.05, 4.69) is 4.98 Å². The van der Waals surface area contributed by atoms with Gasteiger partial charge < -0.3 is 10.0 Å². The van der Waals surface area contributed by atoms with E-state index in [9.17, 15) is 14.7 Å². The Balaban J connectivity index is 1.71. The van der Waals surface area contributed by atoms with Crippen LogP contribution in [0.3, 0.4) is 0 Å². The van der Waals surface area contributed by atoms with Crippen LogP contribution in [0, 0.1) is 6.92 Å². The molecule has 8 nitrogen and oxygen atoms in total. The number of aliphatic hydroxyl groups excluding tert-OH is 1. The highest BCUT2D eigenvalue weighted by Crippen LogP contribution is 2.25. The summed E-state index contributed by atoms with van der Waals surface area (Å²) in [6.45, 7) is 7.27. The number of carbonyl (C=O) groups is 1. The van der Waals surface area contributed by atoms with Crippen LogP contribution in [-0.4, -0.2) is 54.0 Å². The Bertz CT molecular complexity index is 1480. The summed E-state index contributed by atoms with van der Waals surface area (Å²) in [6.07, 6.45) is 2.30. The van der Waals surface area contributed by atoms with Crippen LogP contribution in [0.5, 0.6) is 0 Å². The molecule has 0 saturated carbocycles. The fourth-order valence-corrected chi connectivity index (χ4v) is 4.93. The molecule has 0 radical (unpaired) electrons. The quantitative estimate of drug-likeness (QED) is 0.467. The van der Waals surface area contributed by atoms with Gasteiger partial charge in [-0.2, -0.15) is 0 Å². The topological polar surface area (TPSA) is 92.7 Å². The number of rotatable bonds is 4. The number of aliphatic hydroxyl groups is 1. The first-order valence-corrected chi connectivity index (χ1v) is 12.3. The predicted octanol–water partition coefficient (Wildman–Crippen LogP) is 3.77. The van der Waals surface area contributed by atoms with Gasteiger partial charge in [-0.3, -0.25) is 9.36 Å². The number of piperidine rings is 1. The maximum absolute atomic E-state index is 13.8. The van der Waals surface area contributed by atoms with Gasteiger partial charge in [0.25, 0.3) is 5.91 Å². The van der Waals surface area contributed by atoms with Crippen molar-refractivity contribution in [3.8, 4) is 0 Å². The minimum atomic E-state index is -0.370. The number of hydrogen-bond donors (Lipinski definition) is 1. The molecule has 1 aliphatic heterocycles. The molecule has 4 aromatic rings. The number of aromatic nitrogens is 4. The Morgan fingerprint density at radius 1 is 1.20 bits per heavy atom. The molecule has 0 spiro atoms. The summed E-state index contributed by atoms with van der Waals surface area (Å²) in [5.41, 5.74) is 4.35. The number of hydrogen-bond acceptors (Lipinski definition) is 5. The molecule has 0 bridgehead atoms. The van der Waals surface area contributed by atoms with Gasteiger partial charge in [0, 0.05) is 30.0 Å². The highest BCUT2D eigenvalue weighted by Gasteiger charge is 2.25. The first-order chi connectivity index (χ1) is 16.7. The molecular formula is C26H28ClN5O3. The molecule has 0 aliphatic carbocycles. The fraction of sp³-hybridized carbons (Fsp3) is 0.385. The lowest BCUT2D eigenvalue weighted by Crippen LogP contribution is -2.40. The predicted molar refractivity (Wildman–Crippen MR) is 135 cm³/mol. The lowest BCUT2D eigenvalue weighted by Gasteiger charge is -2.29. The summed E-state index contributed by atoms with van der Waals surface area (Å²) in [5.74, 6) is -0.0107. The van der Waals surface area contributed by atoms with Crippen molar-refractivity contribution >= 4 is 34.2 Å². The number of amides is 1. The first kappa shape index (κ1) is 23.5. The summed E-state index contributed by atoms with van der Waals surface area (Å²) in [4.78, 5) is 38.2. The van der Waals surface area contributed by atoms with Crippen LogP contribution in [0.2, 0.25) is 5.02 Å². The van der Waals surface area contributed by atoms with Gasteiger partial charge in [-0.15, -0.1) is 0 Å². The molecule has 0 atom stereocenters. The molecule has 9 heteroatoms. The van der Waals surface area contributed by atoms with E-state index in [-0.39, 0.29) is 23.6 Å². The highest BCUT2D eigenvalue weighted by molar-refractivity contribution is 6.30. The second-order valence-corrected chi connectivity index (χ2v) is 9.94. The van der Waals surface area contributed by atoms with Gasteiger partial charge in [0.15, 0.2) is 5.65 Å². The van der Waals surface area contributed by atoms with Crippen LogP contribution in [-0.2, 0) is 6.54 Å². The Hall–Kier alpha value is -3.23. The number of nitrogens with zero attached hydrogens (tertiary/aromatic N) is 5. The minimum Gasteiger partial charge on any atom is -0.393 e. The van der Waals surface area contributed by atoms with Crippen LogP contribution in [0.4, 0.5) is 0 Å². The molecule has 182 valence electrons. The van der Waals surface area contributed by atoms with Crippen LogP contribution in [0.15, 0.2) is 41.3 Å². The maximum Gasteiger partial charge on any atom is 0.335 e. The molecule has 1 aliphatic rings. The van der Waals surface area contributed by atoms with Crippen LogP contribution >= 0.6 is 11.6 Å². The average Bonchev–Trinajstić information content (AvgIpc) is 3.20. The van der Waals surface area contributed by atoms with Gasteiger partial charge in [0.2, 0.25) is 0 Å². The summed E-state index contributed by atoms with van der Waals surface area (Å²) in [6, 6.07) is 9.09. The lowest BCUT2D eigenvalue weighted by atomic mass is 10.1. The third kappa shape index (κ3) is 4.21. The summed E-state index contributed by atoms with van der Waals surface area (Å²) in [5, 5.41) is 10.4. The largest absolute Gasteiger partial charge is 0.393 e. The van der Waals surface area contributed by atoms with E-state index in [1.807, 2.05) is 32.9 Å². The molecule has 0 unspecified atom stereocenters. The zero-order valence-corrected chi connectivity index (χ0v) is 20.8. The van der Waals surface area contributed by atoms with E-state index < -0.39 is 0 Å². The average molecular weight is 494 g/mol. The molecule has 1 N–H and O–H groups in total. The highest BCUT2D eigenvalue weighted by atomic mass is 35.5. The van der Waals surface area contributed by atoms with E-state index in [0.29, 0.717) is 59.7 Å². The third-order valence-corrected chi connectivity index (χ3v) is 6.99. The fourth-order valence-electron chi connectivity index (χ4n) is 4.81. The molecule has 1 fully saturated rings. The zero-order chi connectivity index (χ0) is 24.9. The van der Waals surface area contributed by atoms with Crippen LogP contribution in [0.1, 0.15) is 59.9 Å². The van der Waals surface area contributed by atoms with Gasteiger partial charge in [0.1, 0.15) is 5.52 Å². The third-order valence-electron chi connectivity index (χ3n) is 6.74. The number of imidazole rings is 1. The minimum absolute atomic E-state index is 0.143. The number of likely N-dealkylation sites (tertiary alicyclic amines) is 1. The Labute approximate surface area is 207 Å². The number of benzene rings is 1. The standard InChI is InChI=1S/C26H28ClN5O3/c1-15(2)22-16(3)32-24(29-22)23-21(31(26(32)35)14-17-4-6-19(27)7-5-17)12-18(13-28-23)25(34)30-10-8-20(33)9-11-30/h4-7,12-13,15,20,33H,8-11,14H2,1-3H3. The molecule has 4 heterocycles. The van der Waals surface area contributed by atoms with Crippen molar-refractivity contribution in [2.45, 2.75) is 52.2 Å². The van der Waals surface area contributed by atoms with Gasteiger partial charge in [-0.05, 0) is 49.4 Å². The zero-order valence-electron chi connectivity index (χ0n) is 20.0. The van der Waals surface area contributed by atoms with Crippen molar-refractivity contribution in [2.24, 2.45) is 0 Å². The number of halogens is 1. The Morgan fingerprint density at radius 2 is 1.89 bits per heavy atom. The maximum atomic E-state index is 13.8. The van der Waals surface area contributed by atoms with E-state index in [1.165, 1.54) is 0 Å². The van der Waals surface area contributed by atoms with Crippen molar-refractivity contribution in [3.63, 3.8) is 0 Å². The molecular weight excluding hydrogens is 466 g/mol. The van der Waals surface area contributed by atoms with Crippen LogP contribution in [0.25, 0.3) is 16.7 Å². The number of fused-ring (bicyclic) bond motifs is 3. The number of carbonyl (C=O) groups excluding carboxylic acids is 1. The van der Waals surface area contributed by atoms with Crippen molar-refractivity contribution in [1.82, 2.24) is 23.8 Å². The monoisotopic (exact) mass is 493 g/mol. The van der Waals surface area contributed by atoms with Gasteiger partial charge in [0.05, 0.1) is 29.4 Å². The smallest absolute Gasteiger partial charge is 0.335 e. The van der Waals surface area contributed by atoms with E-state index in [4.69, 9.17) is 16.6 Å². The number of pyridine rings is 1. The van der Waals surface area contributed by atoms with Crippen LogP contribution < -0.4 is 5.69 Å². The molecule has 5 rings (SSSR count). The van der Waals surface area contributed by atoms with Crippen molar-refractivity contribution in [1.29, 1.82) is 0 Å². The van der Waals surface area contributed by atoms with Gasteiger partial charge >= 0.3 is 5.69 Å². The van der Waals surface area contributed by atoms with E-state index in [0.717, 1.165) is 17.0 Å². The Kier molecular flexibility index (Phi) is 6.11. The second kappa shape index (κ2) is 9.09. The molecule has 1 saturated heterocycles. The van der Waals surface area contributed by atoms with E-state index >= 15 is 0 Å². The summed E-state index contributed by atoms with van der Waals surface area (Å²) >= 11 is 6.06. The van der Waals surface area contributed by atoms with Crippen molar-refractivity contribution < 1.29 is 9.90 Å². The normalized spacial score (nSPS) is 15.0. The van der Waals surface area contributed by atoms with Gasteiger partial charge in [-0.25, -0.2) is 19.2 Å². The van der Waals surface area contributed by atoms with Gasteiger partial charge in [-0.1, -0.05) is 37.6 Å². The SMILES string of the molecule is Cc1c(C(C)C)nc2c3ncc(C(=O)N4CCC(O)CC4)cc3n(Cc3ccc(Cl)cc3)c(=O)n12. The number of aryl methyl sites for hydroxylation is 1. The first-order valence-electron chi connectivity index (χ1n) is 11.9. The molecule has 1 aromatic carbocycles. The van der Waals surface area contributed by atoms with Crippen molar-refractivity contribution in [3.05, 3.63) is 74.6 Å². The summed E-state index contributed by atoms with van der Waals surface area (Å²) < 4.78 is 3.27. The second-order valence-electron chi connectivity index (χ2n) is 9.51.